The van der Waals surface area contributed by atoms with Crippen molar-refractivity contribution >= 4 is 17.7 Å². The Bertz CT molecular complexity index is 1250. The predicted octanol–water partition coefficient (Wildman–Crippen LogP) is 4.64. The number of nitrogens with zero attached hydrogens (tertiary/aromatic N) is 3. The zero-order chi connectivity index (χ0) is 24.5. The summed E-state index contributed by atoms with van der Waals surface area (Å²) >= 11 is 0. The Morgan fingerprint density at radius 3 is 2.34 bits per heavy atom. The summed E-state index contributed by atoms with van der Waals surface area (Å²) in [5.74, 6) is -0.299. The lowest BCUT2D eigenvalue weighted by Crippen LogP contribution is -2.36. The summed E-state index contributed by atoms with van der Waals surface area (Å²) in [5.41, 5.74) is 2.75. The largest absolute Gasteiger partial charge is 0.493 e. The quantitative estimate of drug-likeness (QED) is 0.449. The molecule has 7 nitrogen and oxygen atoms in total. The number of carbonyl (C=O) groups excluding carboxylic acids is 3. The molecule has 35 heavy (non-hydrogen) atoms. The van der Waals surface area contributed by atoms with Crippen LogP contribution < -0.4 is 4.74 Å². The van der Waals surface area contributed by atoms with Gasteiger partial charge in [-0.3, -0.25) is 24.3 Å². The standard InChI is InChI=1S/C28H27N3O4/c1-3-35-25-14-11-19(17-30-26(32)21-8-4-5-9-22(21)27(30)33)16-23(25)28(34)31(20-12-13-20)18(2)24-10-6-7-15-29-24/h4-11,14-16,18,20H,3,12-13,17H2,1-2H3. The van der Waals surface area contributed by atoms with Crippen molar-refractivity contribution in [2.24, 2.45) is 0 Å². The van der Waals surface area contributed by atoms with E-state index in [0.717, 1.165) is 18.5 Å². The summed E-state index contributed by atoms with van der Waals surface area (Å²) in [6.07, 6.45) is 3.62. The van der Waals surface area contributed by atoms with Crippen LogP contribution in [-0.2, 0) is 6.54 Å². The molecule has 3 amide bonds. The maximum atomic E-state index is 13.9. The highest BCUT2D eigenvalue weighted by molar-refractivity contribution is 6.21. The van der Waals surface area contributed by atoms with Gasteiger partial charge < -0.3 is 9.64 Å². The van der Waals surface area contributed by atoms with Gasteiger partial charge >= 0.3 is 0 Å². The fourth-order valence-corrected chi connectivity index (χ4v) is 4.60. The highest BCUT2D eigenvalue weighted by Gasteiger charge is 2.39. The van der Waals surface area contributed by atoms with E-state index in [9.17, 15) is 14.4 Å². The lowest BCUT2D eigenvalue weighted by atomic mass is 10.1. The lowest BCUT2D eigenvalue weighted by molar-refractivity contribution is 0.0641. The first kappa shape index (κ1) is 22.8. The van der Waals surface area contributed by atoms with Gasteiger partial charge in [0.25, 0.3) is 17.7 Å². The molecule has 178 valence electrons. The van der Waals surface area contributed by atoms with E-state index in [4.69, 9.17) is 4.74 Å². The highest BCUT2D eigenvalue weighted by Crippen LogP contribution is 2.37. The van der Waals surface area contributed by atoms with Crippen LogP contribution in [0.15, 0.2) is 66.9 Å². The van der Waals surface area contributed by atoms with Crippen molar-refractivity contribution in [3.05, 3.63) is 94.8 Å². The minimum Gasteiger partial charge on any atom is -0.493 e. The van der Waals surface area contributed by atoms with Gasteiger partial charge in [-0.1, -0.05) is 24.3 Å². The summed E-state index contributed by atoms with van der Waals surface area (Å²) in [4.78, 5) is 47.2. The van der Waals surface area contributed by atoms with Gasteiger partial charge in [0, 0.05) is 12.2 Å². The molecule has 0 bridgehead atoms. The number of pyridine rings is 1. The molecule has 0 saturated heterocycles. The van der Waals surface area contributed by atoms with Gasteiger partial charge in [0.15, 0.2) is 0 Å². The molecule has 1 atom stereocenters. The van der Waals surface area contributed by atoms with Gasteiger partial charge in [-0.05, 0) is 68.7 Å². The number of hydrogen-bond acceptors (Lipinski definition) is 5. The third kappa shape index (κ3) is 4.30. The molecule has 1 aromatic heterocycles. The molecule has 7 heteroatoms. The first-order valence-corrected chi connectivity index (χ1v) is 11.9. The number of fused-ring (bicyclic) bond motifs is 1. The average Bonchev–Trinajstić information content (AvgIpc) is 3.69. The monoisotopic (exact) mass is 469 g/mol. The zero-order valence-electron chi connectivity index (χ0n) is 19.8. The van der Waals surface area contributed by atoms with E-state index in [2.05, 4.69) is 4.98 Å². The van der Waals surface area contributed by atoms with Crippen LogP contribution in [0.4, 0.5) is 0 Å². The maximum absolute atomic E-state index is 13.9. The van der Waals surface area contributed by atoms with Crippen LogP contribution in [0.5, 0.6) is 5.75 Å². The fraction of sp³-hybridized carbons (Fsp3) is 0.286. The Morgan fingerprint density at radius 1 is 1.06 bits per heavy atom. The van der Waals surface area contributed by atoms with Gasteiger partial charge in [-0.15, -0.1) is 0 Å². The first-order chi connectivity index (χ1) is 17.0. The average molecular weight is 470 g/mol. The van der Waals surface area contributed by atoms with Crippen molar-refractivity contribution in [3.8, 4) is 5.75 Å². The van der Waals surface area contributed by atoms with E-state index in [1.54, 1.807) is 48.7 Å². The Labute approximate surface area is 204 Å². The number of rotatable bonds is 8. The molecule has 1 fully saturated rings. The van der Waals surface area contributed by atoms with Gasteiger partial charge in [-0.25, -0.2) is 0 Å². The van der Waals surface area contributed by atoms with Crippen LogP contribution in [0.2, 0.25) is 0 Å². The second-order valence-corrected chi connectivity index (χ2v) is 8.88. The molecule has 5 rings (SSSR count). The number of carbonyl (C=O) groups is 3. The first-order valence-electron chi connectivity index (χ1n) is 11.9. The molecular formula is C28H27N3O4. The molecule has 0 N–H and O–H groups in total. The zero-order valence-corrected chi connectivity index (χ0v) is 19.8. The lowest BCUT2D eigenvalue weighted by Gasteiger charge is -2.30. The number of imide groups is 1. The van der Waals surface area contributed by atoms with Crippen molar-refractivity contribution in [2.75, 3.05) is 6.61 Å². The second-order valence-electron chi connectivity index (χ2n) is 8.88. The van der Waals surface area contributed by atoms with Crippen LogP contribution >= 0.6 is 0 Å². The normalized spacial score (nSPS) is 15.7. The van der Waals surface area contributed by atoms with Crippen molar-refractivity contribution in [2.45, 2.75) is 45.3 Å². The van der Waals surface area contributed by atoms with E-state index < -0.39 is 0 Å². The smallest absolute Gasteiger partial charge is 0.261 e. The van der Waals surface area contributed by atoms with Crippen LogP contribution in [-0.4, -0.2) is 45.2 Å². The highest BCUT2D eigenvalue weighted by atomic mass is 16.5. The molecule has 1 aliphatic carbocycles. The van der Waals surface area contributed by atoms with Crippen molar-refractivity contribution in [3.63, 3.8) is 0 Å². The molecule has 3 aromatic rings. The topological polar surface area (TPSA) is 79.8 Å². The maximum Gasteiger partial charge on any atom is 0.261 e. The van der Waals surface area contributed by atoms with E-state index in [0.29, 0.717) is 34.6 Å². The summed E-state index contributed by atoms with van der Waals surface area (Å²) in [6, 6.07) is 17.8. The number of benzene rings is 2. The van der Waals surface area contributed by atoms with Crippen molar-refractivity contribution in [1.29, 1.82) is 0 Å². The second kappa shape index (κ2) is 9.33. The van der Waals surface area contributed by atoms with Gasteiger partial charge in [0.2, 0.25) is 0 Å². The third-order valence-corrected chi connectivity index (χ3v) is 6.50. The molecule has 1 aliphatic heterocycles. The number of amides is 3. The molecule has 1 saturated carbocycles. The van der Waals surface area contributed by atoms with E-state index >= 15 is 0 Å². The van der Waals surface area contributed by atoms with Crippen molar-refractivity contribution < 1.29 is 19.1 Å². The van der Waals surface area contributed by atoms with Gasteiger partial charge in [0.05, 0.1) is 41.6 Å². The molecule has 0 spiro atoms. The molecule has 2 aliphatic rings. The third-order valence-electron chi connectivity index (χ3n) is 6.50. The van der Waals surface area contributed by atoms with Crippen molar-refractivity contribution in [1.82, 2.24) is 14.8 Å². The van der Waals surface area contributed by atoms with Crippen LogP contribution in [0.1, 0.15) is 75.1 Å². The van der Waals surface area contributed by atoms with Crippen LogP contribution in [0, 0.1) is 0 Å². The fourth-order valence-electron chi connectivity index (χ4n) is 4.60. The van der Waals surface area contributed by atoms with E-state index in [1.165, 1.54) is 4.90 Å². The summed E-state index contributed by atoms with van der Waals surface area (Å²) in [7, 11) is 0. The predicted molar refractivity (Wildman–Crippen MR) is 130 cm³/mol. The van der Waals surface area contributed by atoms with E-state index in [-0.39, 0.29) is 36.3 Å². The summed E-state index contributed by atoms with van der Waals surface area (Å²) in [5, 5.41) is 0. The number of ether oxygens (including phenoxy) is 1. The Hall–Kier alpha value is -4.00. The molecular weight excluding hydrogens is 442 g/mol. The Balaban J connectivity index is 1.46. The van der Waals surface area contributed by atoms with Crippen LogP contribution in [0.25, 0.3) is 0 Å². The van der Waals surface area contributed by atoms with E-state index in [1.807, 2.05) is 36.9 Å². The Morgan fingerprint density at radius 2 is 1.74 bits per heavy atom. The molecule has 1 unspecified atom stereocenters. The van der Waals surface area contributed by atoms with Gasteiger partial charge in [0.1, 0.15) is 5.75 Å². The number of hydrogen-bond donors (Lipinski definition) is 0. The molecule has 0 radical (unpaired) electrons. The molecule has 2 aromatic carbocycles. The summed E-state index contributed by atoms with van der Waals surface area (Å²) < 4.78 is 5.80. The Kier molecular flexibility index (Phi) is 6.07. The number of aromatic nitrogens is 1. The van der Waals surface area contributed by atoms with Gasteiger partial charge in [-0.2, -0.15) is 0 Å². The molecule has 2 heterocycles. The minimum atomic E-state index is -0.323. The summed E-state index contributed by atoms with van der Waals surface area (Å²) in [6.45, 7) is 4.35. The minimum absolute atomic E-state index is 0.0816. The SMILES string of the molecule is CCOc1ccc(CN2C(=O)c3ccccc3C2=O)cc1C(=O)N(C1CC1)C(C)c1ccccn1. The van der Waals surface area contributed by atoms with Crippen LogP contribution in [0.3, 0.4) is 0 Å².